The summed E-state index contributed by atoms with van der Waals surface area (Å²) in [5, 5.41) is 0. The SMILES string of the molecule is O=c1oc(Oc2ccccc2)cn1Cc1ccccc1. The van der Waals surface area contributed by atoms with Gasteiger partial charge in [0.1, 0.15) is 5.75 Å². The molecule has 3 rings (SSSR count). The van der Waals surface area contributed by atoms with Crippen molar-refractivity contribution in [1.82, 2.24) is 4.57 Å². The summed E-state index contributed by atoms with van der Waals surface area (Å²) < 4.78 is 12.0. The van der Waals surface area contributed by atoms with Crippen molar-refractivity contribution in [2.45, 2.75) is 6.54 Å². The maximum Gasteiger partial charge on any atom is 0.422 e. The van der Waals surface area contributed by atoms with E-state index in [9.17, 15) is 4.79 Å². The Kier molecular flexibility index (Phi) is 3.37. The highest BCUT2D eigenvalue weighted by Crippen LogP contribution is 2.19. The Balaban J connectivity index is 1.79. The van der Waals surface area contributed by atoms with Gasteiger partial charge in [-0.2, -0.15) is 0 Å². The fraction of sp³-hybridized carbons (Fsp3) is 0.0625. The minimum atomic E-state index is -0.431. The van der Waals surface area contributed by atoms with Gasteiger partial charge in [-0.1, -0.05) is 48.5 Å². The standard InChI is InChI=1S/C16H13NO3/c18-16-17(11-13-7-3-1-4-8-13)12-15(20-16)19-14-9-5-2-6-10-14/h1-10,12H,11H2. The molecule has 0 aliphatic heterocycles. The first-order valence-corrected chi connectivity index (χ1v) is 6.28. The van der Waals surface area contributed by atoms with E-state index in [1.165, 1.54) is 4.57 Å². The number of rotatable bonds is 4. The monoisotopic (exact) mass is 267 g/mol. The van der Waals surface area contributed by atoms with Gasteiger partial charge in [0, 0.05) is 0 Å². The molecule has 2 aromatic carbocycles. The molecule has 20 heavy (non-hydrogen) atoms. The van der Waals surface area contributed by atoms with Crippen LogP contribution in [0.15, 0.2) is 76.1 Å². The number of nitrogens with zero attached hydrogens (tertiary/aromatic N) is 1. The molecule has 0 fully saturated rings. The number of hydrogen-bond acceptors (Lipinski definition) is 3. The van der Waals surface area contributed by atoms with Crippen LogP contribution in [0.1, 0.15) is 5.56 Å². The van der Waals surface area contributed by atoms with Gasteiger partial charge in [-0.3, -0.25) is 4.57 Å². The Morgan fingerprint density at radius 3 is 2.30 bits per heavy atom. The lowest BCUT2D eigenvalue weighted by Gasteiger charge is -2.00. The fourth-order valence-electron chi connectivity index (χ4n) is 1.89. The van der Waals surface area contributed by atoms with Gasteiger partial charge in [-0.25, -0.2) is 4.79 Å². The molecule has 0 unspecified atom stereocenters. The minimum absolute atomic E-state index is 0.192. The second kappa shape index (κ2) is 5.48. The van der Waals surface area contributed by atoms with Crippen LogP contribution in [0.4, 0.5) is 0 Å². The Morgan fingerprint density at radius 1 is 0.950 bits per heavy atom. The molecule has 0 bridgehead atoms. The molecule has 0 saturated heterocycles. The topological polar surface area (TPSA) is 44.4 Å². The average molecular weight is 267 g/mol. The van der Waals surface area contributed by atoms with Gasteiger partial charge in [-0.05, 0) is 17.7 Å². The second-order valence-electron chi connectivity index (χ2n) is 4.34. The van der Waals surface area contributed by atoms with Gasteiger partial charge in [0.2, 0.25) is 0 Å². The van der Waals surface area contributed by atoms with Crippen LogP contribution < -0.4 is 10.5 Å². The van der Waals surface area contributed by atoms with Crippen LogP contribution in [-0.2, 0) is 6.54 Å². The molecule has 4 nitrogen and oxygen atoms in total. The molecule has 1 aromatic heterocycles. The fourth-order valence-corrected chi connectivity index (χ4v) is 1.89. The molecule has 0 aliphatic carbocycles. The van der Waals surface area contributed by atoms with E-state index in [-0.39, 0.29) is 5.95 Å². The van der Waals surface area contributed by atoms with Gasteiger partial charge in [0.15, 0.2) is 0 Å². The molecule has 3 aromatic rings. The van der Waals surface area contributed by atoms with Gasteiger partial charge in [0.05, 0.1) is 12.7 Å². The number of oxazole rings is 1. The molecule has 4 heteroatoms. The maximum atomic E-state index is 11.8. The molecule has 0 N–H and O–H groups in total. The van der Waals surface area contributed by atoms with Crippen LogP contribution in [0.3, 0.4) is 0 Å². The quantitative estimate of drug-likeness (QED) is 0.728. The first-order valence-electron chi connectivity index (χ1n) is 6.28. The van der Waals surface area contributed by atoms with Crippen molar-refractivity contribution < 1.29 is 9.15 Å². The number of hydrogen-bond donors (Lipinski definition) is 0. The molecule has 100 valence electrons. The smallest absolute Gasteiger partial charge is 0.422 e. The summed E-state index contributed by atoms with van der Waals surface area (Å²) in [6, 6.07) is 18.9. The first kappa shape index (κ1) is 12.3. The number of ether oxygens (including phenoxy) is 1. The van der Waals surface area contributed by atoms with Crippen molar-refractivity contribution in [3.8, 4) is 11.7 Å². The van der Waals surface area contributed by atoms with Crippen molar-refractivity contribution in [2.75, 3.05) is 0 Å². The van der Waals surface area contributed by atoms with E-state index in [0.717, 1.165) is 5.56 Å². The van der Waals surface area contributed by atoms with Gasteiger partial charge in [-0.15, -0.1) is 0 Å². The summed E-state index contributed by atoms with van der Waals surface area (Å²) in [5.41, 5.74) is 1.03. The van der Waals surface area contributed by atoms with E-state index >= 15 is 0 Å². The third kappa shape index (κ3) is 2.80. The summed E-state index contributed by atoms with van der Waals surface area (Å²) in [5.74, 6) is 0.394. The Labute approximate surface area is 115 Å². The maximum absolute atomic E-state index is 11.8. The highest BCUT2D eigenvalue weighted by Gasteiger charge is 2.08. The van der Waals surface area contributed by atoms with Crippen molar-refractivity contribution >= 4 is 0 Å². The van der Waals surface area contributed by atoms with Crippen molar-refractivity contribution in [3.63, 3.8) is 0 Å². The number of benzene rings is 2. The second-order valence-corrected chi connectivity index (χ2v) is 4.34. The normalized spacial score (nSPS) is 10.4. The summed E-state index contributed by atoms with van der Waals surface area (Å²) in [6.07, 6.45) is 1.57. The lowest BCUT2D eigenvalue weighted by molar-refractivity contribution is 0.330. The Bertz CT molecular complexity index is 729. The van der Waals surface area contributed by atoms with E-state index in [4.69, 9.17) is 9.15 Å². The van der Waals surface area contributed by atoms with Gasteiger partial charge >= 0.3 is 11.7 Å². The van der Waals surface area contributed by atoms with Crippen LogP contribution >= 0.6 is 0 Å². The third-order valence-corrected chi connectivity index (χ3v) is 2.84. The molecular weight excluding hydrogens is 254 g/mol. The van der Waals surface area contributed by atoms with E-state index in [1.807, 2.05) is 48.5 Å². The molecule has 0 radical (unpaired) electrons. The Hall–Kier alpha value is -2.75. The summed E-state index contributed by atoms with van der Waals surface area (Å²) in [7, 11) is 0. The minimum Gasteiger partial charge on any atom is -0.425 e. The summed E-state index contributed by atoms with van der Waals surface area (Å²) in [4.78, 5) is 11.8. The predicted molar refractivity (Wildman–Crippen MR) is 75.0 cm³/mol. The molecule has 0 aliphatic rings. The lowest BCUT2D eigenvalue weighted by Crippen LogP contribution is -2.13. The zero-order valence-electron chi connectivity index (χ0n) is 10.7. The van der Waals surface area contributed by atoms with Crippen LogP contribution in [-0.4, -0.2) is 4.57 Å². The van der Waals surface area contributed by atoms with Crippen molar-refractivity contribution in [2.24, 2.45) is 0 Å². The zero-order valence-corrected chi connectivity index (χ0v) is 10.7. The molecule has 0 saturated carbocycles. The molecular formula is C16H13NO3. The number of aromatic nitrogens is 1. The largest absolute Gasteiger partial charge is 0.425 e. The van der Waals surface area contributed by atoms with E-state index in [1.54, 1.807) is 18.3 Å². The van der Waals surface area contributed by atoms with Gasteiger partial charge in [0.25, 0.3) is 0 Å². The highest BCUT2D eigenvalue weighted by molar-refractivity contribution is 5.24. The van der Waals surface area contributed by atoms with E-state index in [2.05, 4.69) is 0 Å². The van der Waals surface area contributed by atoms with E-state index < -0.39 is 5.76 Å². The van der Waals surface area contributed by atoms with Crippen LogP contribution in [0.25, 0.3) is 0 Å². The summed E-state index contributed by atoms with van der Waals surface area (Å²) >= 11 is 0. The molecule has 0 atom stereocenters. The van der Waals surface area contributed by atoms with Crippen LogP contribution in [0.2, 0.25) is 0 Å². The molecule has 0 amide bonds. The highest BCUT2D eigenvalue weighted by atomic mass is 16.6. The average Bonchev–Trinajstić information content (AvgIpc) is 2.81. The molecule has 1 heterocycles. The van der Waals surface area contributed by atoms with Crippen LogP contribution in [0.5, 0.6) is 11.7 Å². The third-order valence-electron chi connectivity index (χ3n) is 2.84. The lowest BCUT2D eigenvalue weighted by atomic mass is 10.2. The van der Waals surface area contributed by atoms with Crippen molar-refractivity contribution in [1.29, 1.82) is 0 Å². The van der Waals surface area contributed by atoms with Gasteiger partial charge < -0.3 is 9.15 Å². The first-order chi connectivity index (χ1) is 9.81. The number of para-hydroxylation sites is 1. The predicted octanol–water partition coefficient (Wildman–Crippen LogP) is 3.28. The molecule has 0 spiro atoms. The zero-order chi connectivity index (χ0) is 13.8. The Morgan fingerprint density at radius 2 is 1.60 bits per heavy atom. The van der Waals surface area contributed by atoms with E-state index in [0.29, 0.717) is 12.3 Å². The summed E-state index contributed by atoms with van der Waals surface area (Å²) in [6.45, 7) is 0.460. The van der Waals surface area contributed by atoms with Crippen LogP contribution in [0, 0.1) is 0 Å². The van der Waals surface area contributed by atoms with Crippen molar-refractivity contribution in [3.05, 3.63) is 83.0 Å².